The highest BCUT2D eigenvalue weighted by molar-refractivity contribution is 5.79. The van der Waals surface area contributed by atoms with Crippen LogP contribution in [0.3, 0.4) is 0 Å². The third-order valence-corrected chi connectivity index (χ3v) is 7.39. The number of rotatable bonds is 4. The van der Waals surface area contributed by atoms with E-state index in [9.17, 15) is 4.79 Å². The molecule has 0 N–H and O–H groups in total. The van der Waals surface area contributed by atoms with Crippen molar-refractivity contribution in [3.63, 3.8) is 0 Å². The lowest BCUT2D eigenvalue weighted by atomic mass is 9.85. The molecule has 0 bridgehead atoms. The summed E-state index contributed by atoms with van der Waals surface area (Å²) in [6.07, 6.45) is 4.59. The average Bonchev–Trinajstić information content (AvgIpc) is 3.26. The number of aromatic nitrogens is 2. The number of amides is 1. The van der Waals surface area contributed by atoms with Gasteiger partial charge in [-0.1, -0.05) is 60.2 Å². The number of hydrogen-bond acceptors (Lipinski definition) is 3. The van der Waals surface area contributed by atoms with Crippen LogP contribution >= 0.6 is 0 Å². The largest absolute Gasteiger partial charge is 0.340 e. The van der Waals surface area contributed by atoms with Gasteiger partial charge in [-0.2, -0.15) is 0 Å². The number of likely N-dealkylation sites (tertiary alicyclic amines) is 1. The second-order valence-corrected chi connectivity index (χ2v) is 10.1. The zero-order valence-electron chi connectivity index (χ0n) is 20.0. The first-order valence-corrected chi connectivity index (χ1v) is 12.1. The molecule has 2 aromatic carbocycles. The maximum Gasteiger partial charge on any atom is 0.227 e. The summed E-state index contributed by atoms with van der Waals surface area (Å²) in [6, 6.07) is 19.3. The molecule has 2 aliphatic rings. The Balaban J connectivity index is 1.46. The first-order valence-electron chi connectivity index (χ1n) is 12.1. The monoisotopic (exact) mass is 442 g/mol. The van der Waals surface area contributed by atoms with E-state index in [0.29, 0.717) is 12.5 Å². The van der Waals surface area contributed by atoms with Crippen molar-refractivity contribution in [2.24, 2.45) is 0 Å². The predicted octanol–water partition coefficient (Wildman–Crippen LogP) is 4.64. The van der Waals surface area contributed by atoms with E-state index in [1.807, 2.05) is 12.4 Å². The highest BCUT2D eigenvalue weighted by Gasteiger charge is 2.45. The molecular formula is C28H34N4O. The van der Waals surface area contributed by atoms with Crippen molar-refractivity contribution in [3.8, 4) is 11.3 Å². The molecule has 1 aromatic heterocycles. The van der Waals surface area contributed by atoms with Crippen LogP contribution in [0.25, 0.3) is 11.3 Å². The maximum atomic E-state index is 13.3. The summed E-state index contributed by atoms with van der Waals surface area (Å²) >= 11 is 0. The molecule has 3 aromatic rings. The van der Waals surface area contributed by atoms with Crippen LogP contribution in [0.4, 0.5) is 0 Å². The second kappa shape index (κ2) is 8.79. The summed E-state index contributed by atoms with van der Waals surface area (Å²) in [5.74, 6) is 0.226. The van der Waals surface area contributed by atoms with Gasteiger partial charge < -0.3 is 9.47 Å². The lowest BCUT2D eigenvalue weighted by Crippen LogP contribution is -2.60. The van der Waals surface area contributed by atoms with Gasteiger partial charge in [0.15, 0.2) is 0 Å². The van der Waals surface area contributed by atoms with Crippen LogP contribution in [0.2, 0.25) is 0 Å². The van der Waals surface area contributed by atoms with Crippen molar-refractivity contribution in [2.75, 3.05) is 19.6 Å². The van der Waals surface area contributed by atoms with Gasteiger partial charge in [0.2, 0.25) is 5.91 Å². The summed E-state index contributed by atoms with van der Waals surface area (Å²) in [5, 5.41) is 0. The minimum Gasteiger partial charge on any atom is -0.340 e. The number of carbonyl (C=O) groups excluding carboxylic acids is 1. The minimum atomic E-state index is -0.126. The van der Waals surface area contributed by atoms with Crippen LogP contribution in [0.1, 0.15) is 43.5 Å². The lowest BCUT2D eigenvalue weighted by molar-refractivity contribution is -0.134. The quantitative estimate of drug-likeness (QED) is 0.591. The highest BCUT2D eigenvalue weighted by atomic mass is 16.2. The number of nitrogens with zero attached hydrogens (tertiary/aromatic N) is 4. The van der Waals surface area contributed by atoms with Gasteiger partial charge in [-0.05, 0) is 39.2 Å². The number of hydrogen-bond donors (Lipinski definition) is 0. The third-order valence-electron chi connectivity index (χ3n) is 7.39. The molecular weight excluding hydrogens is 408 g/mol. The van der Waals surface area contributed by atoms with Crippen molar-refractivity contribution in [3.05, 3.63) is 77.7 Å². The fourth-order valence-corrected chi connectivity index (χ4v) is 5.48. The minimum absolute atomic E-state index is 0.126. The summed E-state index contributed by atoms with van der Waals surface area (Å²) in [6.45, 7) is 10.0. The molecule has 5 heteroatoms. The van der Waals surface area contributed by atoms with E-state index in [2.05, 4.69) is 83.7 Å². The molecule has 0 radical (unpaired) electrons. The molecule has 1 fully saturated rings. The Bertz CT molecular complexity index is 1120. The fourth-order valence-electron chi connectivity index (χ4n) is 5.48. The fraction of sp³-hybridized carbons (Fsp3) is 0.429. The summed E-state index contributed by atoms with van der Waals surface area (Å²) in [4.78, 5) is 22.9. The normalized spacial score (nSPS) is 20.9. The van der Waals surface area contributed by atoms with Crippen LogP contribution in [0, 0.1) is 6.92 Å². The topological polar surface area (TPSA) is 41.4 Å². The molecule has 0 aliphatic carbocycles. The number of benzene rings is 2. The Kier molecular flexibility index (Phi) is 5.83. The molecule has 5 nitrogen and oxygen atoms in total. The van der Waals surface area contributed by atoms with E-state index in [4.69, 9.17) is 4.98 Å². The van der Waals surface area contributed by atoms with Gasteiger partial charge in [-0.25, -0.2) is 4.98 Å². The lowest BCUT2D eigenvalue weighted by Gasteiger charge is -2.50. The van der Waals surface area contributed by atoms with Gasteiger partial charge in [0.1, 0.15) is 0 Å². The molecule has 0 unspecified atom stereocenters. The van der Waals surface area contributed by atoms with Crippen molar-refractivity contribution in [1.29, 1.82) is 0 Å². The van der Waals surface area contributed by atoms with Crippen LogP contribution in [0.15, 0.2) is 60.9 Å². The Labute approximate surface area is 197 Å². The van der Waals surface area contributed by atoms with E-state index in [0.717, 1.165) is 55.8 Å². The third kappa shape index (κ3) is 4.22. The molecule has 172 valence electrons. The number of fused-ring (bicyclic) bond motifs is 2. The van der Waals surface area contributed by atoms with Gasteiger partial charge in [0, 0.05) is 37.8 Å². The smallest absolute Gasteiger partial charge is 0.227 e. The Morgan fingerprint density at radius 3 is 2.55 bits per heavy atom. The van der Waals surface area contributed by atoms with Gasteiger partial charge in [-0.3, -0.25) is 9.69 Å². The van der Waals surface area contributed by atoms with Crippen LogP contribution in [-0.2, 0) is 23.3 Å². The van der Waals surface area contributed by atoms with E-state index in [-0.39, 0.29) is 11.4 Å². The van der Waals surface area contributed by atoms with Crippen LogP contribution in [-0.4, -0.2) is 50.9 Å². The molecule has 1 amide bonds. The Hall–Kier alpha value is -2.92. The van der Waals surface area contributed by atoms with Crippen molar-refractivity contribution in [1.82, 2.24) is 19.4 Å². The van der Waals surface area contributed by atoms with E-state index < -0.39 is 0 Å². The standard InChI is InChI=1S/C28H34N4O/c1-21(2)31-17-25-27(24-8-5-4-6-9-24)29-20-32(25)28(19-31)14-7-15-30(18-28)26(33)16-23-12-10-22(3)11-13-23/h4-6,8-13,20-21H,7,14-19H2,1-3H3/t28-/m0/s1. The summed E-state index contributed by atoms with van der Waals surface area (Å²) < 4.78 is 2.42. The average molecular weight is 443 g/mol. The SMILES string of the molecule is Cc1ccc(CC(=O)N2CCC[C@]3(C2)CN(C(C)C)Cc2c(-c4ccccc4)ncn23)cc1. The van der Waals surface area contributed by atoms with E-state index >= 15 is 0 Å². The molecule has 0 saturated carbocycles. The zero-order valence-corrected chi connectivity index (χ0v) is 20.0. The molecule has 2 aliphatic heterocycles. The number of piperidine rings is 1. The van der Waals surface area contributed by atoms with E-state index in [1.54, 1.807) is 0 Å². The zero-order chi connectivity index (χ0) is 23.0. The Morgan fingerprint density at radius 1 is 1.06 bits per heavy atom. The molecule has 1 saturated heterocycles. The van der Waals surface area contributed by atoms with E-state index in [1.165, 1.54) is 11.3 Å². The van der Waals surface area contributed by atoms with Crippen molar-refractivity contribution in [2.45, 2.75) is 58.2 Å². The van der Waals surface area contributed by atoms with Crippen LogP contribution < -0.4 is 0 Å². The van der Waals surface area contributed by atoms with Crippen LogP contribution in [0.5, 0.6) is 0 Å². The van der Waals surface area contributed by atoms with Gasteiger partial charge in [0.25, 0.3) is 0 Å². The number of carbonyl (C=O) groups is 1. The number of imidazole rings is 1. The first kappa shape index (κ1) is 21.9. The van der Waals surface area contributed by atoms with Gasteiger partial charge >= 0.3 is 0 Å². The summed E-state index contributed by atoms with van der Waals surface area (Å²) in [7, 11) is 0. The summed E-state index contributed by atoms with van der Waals surface area (Å²) in [5.41, 5.74) is 5.69. The molecule has 33 heavy (non-hydrogen) atoms. The van der Waals surface area contributed by atoms with Gasteiger partial charge in [0.05, 0.1) is 29.7 Å². The Morgan fingerprint density at radius 2 is 1.82 bits per heavy atom. The molecule has 1 spiro atoms. The number of aryl methyl sites for hydroxylation is 1. The molecule has 1 atom stereocenters. The molecule has 5 rings (SSSR count). The molecule has 3 heterocycles. The van der Waals surface area contributed by atoms with Gasteiger partial charge in [-0.15, -0.1) is 0 Å². The second-order valence-electron chi connectivity index (χ2n) is 10.1. The predicted molar refractivity (Wildman–Crippen MR) is 132 cm³/mol. The maximum absolute atomic E-state index is 13.3. The van der Waals surface area contributed by atoms with Crippen molar-refractivity contribution >= 4 is 5.91 Å². The van der Waals surface area contributed by atoms with Crippen molar-refractivity contribution < 1.29 is 4.79 Å². The first-order chi connectivity index (χ1) is 15.9. The highest BCUT2D eigenvalue weighted by Crippen LogP contribution is 2.39.